The standard InChI is InChI=1S/C18H29F4NO3/c1-13(25-10-14-2-6-17(19,20)7-3-14)16(23-12-24)11-26-15-4-8-18(21,22)9-5-15/h12-16H,2-11H2,1H3,(H,23,24). The maximum Gasteiger partial charge on any atom is 0.248 e. The van der Waals surface area contributed by atoms with E-state index in [0.29, 0.717) is 38.7 Å². The van der Waals surface area contributed by atoms with Crippen LogP contribution in [-0.4, -0.2) is 49.7 Å². The van der Waals surface area contributed by atoms with Crippen molar-refractivity contribution in [2.75, 3.05) is 13.2 Å². The van der Waals surface area contributed by atoms with Gasteiger partial charge in [-0.05, 0) is 38.5 Å². The molecule has 0 radical (unpaired) electrons. The van der Waals surface area contributed by atoms with Crippen LogP contribution < -0.4 is 5.32 Å². The quantitative estimate of drug-likeness (QED) is 0.485. The molecule has 0 aliphatic heterocycles. The van der Waals surface area contributed by atoms with Gasteiger partial charge in [-0.25, -0.2) is 17.6 Å². The second-order valence-electron chi connectivity index (χ2n) is 7.62. The topological polar surface area (TPSA) is 47.6 Å². The maximum absolute atomic E-state index is 13.2. The number of rotatable bonds is 9. The Morgan fingerprint density at radius 2 is 1.58 bits per heavy atom. The minimum absolute atomic E-state index is 0.0930. The van der Waals surface area contributed by atoms with E-state index in [1.54, 1.807) is 6.92 Å². The molecule has 0 spiro atoms. The summed E-state index contributed by atoms with van der Waals surface area (Å²) in [6, 6.07) is -0.403. The zero-order valence-electron chi connectivity index (χ0n) is 15.2. The van der Waals surface area contributed by atoms with Crippen LogP contribution >= 0.6 is 0 Å². The Morgan fingerprint density at radius 3 is 2.12 bits per heavy atom. The minimum atomic E-state index is -2.60. The Hall–Kier alpha value is -0.890. The van der Waals surface area contributed by atoms with Crippen molar-refractivity contribution >= 4 is 6.41 Å². The molecule has 0 heterocycles. The predicted molar refractivity (Wildman–Crippen MR) is 88.5 cm³/mol. The fraction of sp³-hybridized carbons (Fsp3) is 0.944. The Balaban J connectivity index is 1.71. The summed E-state index contributed by atoms with van der Waals surface area (Å²) in [5.41, 5.74) is 0. The second kappa shape index (κ2) is 9.35. The van der Waals surface area contributed by atoms with E-state index in [1.807, 2.05) is 0 Å². The van der Waals surface area contributed by atoms with Gasteiger partial charge in [0.2, 0.25) is 18.3 Å². The van der Waals surface area contributed by atoms with Crippen molar-refractivity contribution in [2.45, 2.75) is 88.4 Å². The highest BCUT2D eigenvalue weighted by atomic mass is 19.3. The average Bonchev–Trinajstić information content (AvgIpc) is 2.58. The molecule has 152 valence electrons. The van der Waals surface area contributed by atoms with Gasteiger partial charge in [0.05, 0.1) is 24.9 Å². The molecule has 2 atom stereocenters. The molecule has 8 heteroatoms. The van der Waals surface area contributed by atoms with Crippen LogP contribution in [0.2, 0.25) is 0 Å². The summed E-state index contributed by atoms with van der Waals surface area (Å²) in [6.45, 7) is 2.33. The average molecular weight is 383 g/mol. The highest BCUT2D eigenvalue weighted by Gasteiger charge is 2.36. The Morgan fingerprint density at radius 1 is 1.04 bits per heavy atom. The molecule has 2 aliphatic rings. The van der Waals surface area contributed by atoms with E-state index in [9.17, 15) is 22.4 Å². The molecular formula is C18H29F4NO3. The molecule has 26 heavy (non-hydrogen) atoms. The third kappa shape index (κ3) is 7.02. The van der Waals surface area contributed by atoms with Gasteiger partial charge in [0.15, 0.2) is 0 Å². The van der Waals surface area contributed by atoms with Gasteiger partial charge in [0, 0.05) is 32.3 Å². The first-order chi connectivity index (χ1) is 12.2. The molecule has 1 amide bonds. The number of halogens is 4. The minimum Gasteiger partial charge on any atom is -0.376 e. The van der Waals surface area contributed by atoms with E-state index in [-0.39, 0.29) is 50.4 Å². The van der Waals surface area contributed by atoms with E-state index < -0.39 is 17.9 Å². The normalized spacial score (nSPS) is 26.2. The fourth-order valence-corrected chi connectivity index (χ4v) is 3.50. The highest BCUT2D eigenvalue weighted by molar-refractivity contribution is 5.46. The van der Waals surface area contributed by atoms with Gasteiger partial charge in [-0.1, -0.05) is 0 Å². The van der Waals surface area contributed by atoms with E-state index in [0.717, 1.165) is 0 Å². The summed E-state index contributed by atoms with van der Waals surface area (Å²) in [4.78, 5) is 10.8. The van der Waals surface area contributed by atoms with Crippen LogP contribution in [0.3, 0.4) is 0 Å². The van der Waals surface area contributed by atoms with E-state index in [2.05, 4.69) is 5.32 Å². The Kier molecular flexibility index (Phi) is 7.70. The third-order valence-electron chi connectivity index (χ3n) is 5.46. The largest absolute Gasteiger partial charge is 0.376 e. The van der Waals surface area contributed by atoms with Crippen molar-refractivity contribution in [3.63, 3.8) is 0 Å². The van der Waals surface area contributed by atoms with Gasteiger partial charge < -0.3 is 14.8 Å². The van der Waals surface area contributed by atoms with Gasteiger partial charge in [-0.2, -0.15) is 0 Å². The van der Waals surface area contributed by atoms with Crippen LogP contribution in [0, 0.1) is 5.92 Å². The van der Waals surface area contributed by atoms with Crippen molar-refractivity contribution in [1.82, 2.24) is 5.32 Å². The lowest BCUT2D eigenvalue weighted by Crippen LogP contribution is -2.44. The number of hydrogen-bond donors (Lipinski definition) is 1. The number of carbonyl (C=O) groups excluding carboxylic acids is 1. The van der Waals surface area contributed by atoms with Gasteiger partial charge in [0.1, 0.15) is 0 Å². The molecule has 0 aromatic rings. The lowest BCUT2D eigenvalue weighted by Gasteiger charge is -2.32. The summed E-state index contributed by atoms with van der Waals surface area (Å²) in [5, 5.41) is 2.64. The number of amides is 1. The van der Waals surface area contributed by atoms with Crippen molar-refractivity contribution in [1.29, 1.82) is 0 Å². The number of alkyl halides is 4. The first-order valence-corrected chi connectivity index (χ1v) is 9.39. The summed E-state index contributed by atoms with van der Waals surface area (Å²) in [5.74, 6) is -5.07. The Labute approximate surface area is 152 Å². The van der Waals surface area contributed by atoms with E-state index >= 15 is 0 Å². The first-order valence-electron chi connectivity index (χ1n) is 9.39. The number of hydrogen-bond acceptors (Lipinski definition) is 3. The van der Waals surface area contributed by atoms with Gasteiger partial charge in [-0.3, -0.25) is 4.79 Å². The maximum atomic E-state index is 13.2. The van der Waals surface area contributed by atoms with E-state index in [1.165, 1.54) is 0 Å². The summed E-state index contributed by atoms with van der Waals surface area (Å²) in [7, 11) is 0. The van der Waals surface area contributed by atoms with Crippen LogP contribution in [0.15, 0.2) is 0 Å². The highest BCUT2D eigenvalue weighted by Crippen LogP contribution is 2.36. The first kappa shape index (κ1) is 21.4. The lowest BCUT2D eigenvalue weighted by atomic mass is 9.87. The van der Waals surface area contributed by atoms with Crippen molar-refractivity contribution in [2.24, 2.45) is 5.92 Å². The molecule has 0 aromatic carbocycles. The van der Waals surface area contributed by atoms with Crippen LogP contribution in [0.5, 0.6) is 0 Å². The monoisotopic (exact) mass is 383 g/mol. The molecule has 2 fully saturated rings. The predicted octanol–water partition coefficient (Wildman–Crippen LogP) is 3.93. The van der Waals surface area contributed by atoms with Gasteiger partial charge >= 0.3 is 0 Å². The number of nitrogens with one attached hydrogen (secondary N) is 1. The van der Waals surface area contributed by atoms with Crippen molar-refractivity contribution in [3.8, 4) is 0 Å². The van der Waals surface area contributed by atoms with Crippen LogP contribution in [0.4, 0.5) is 17.6 Å². The fourth-order valence-electron chi connectivity index (χ4n) is 3.50. The van der Waals surface area contributed by atoms with E-state index in [4.69, 9.17) is 9.47 Å². The molecule has 2 aliphatic carbocycles. The molecule has 2 saturated carbocycles. The summed E-state index contributed by atoms with van der Waals surface area (Å²) >= 11 is 0. The Bertz CT molecular complexity index is 430. The molecule has 1 N–H and O–H groups in total. The summed E-state index contributed by atoms with van der Waals surface area (Å²) in [6.07, 6.45) is 0.843. The van der Waals surface area contributed by atoms with Crippen LogP contribution in [0.1, 0.15) is 58.3 Å². The molecule has 4 nitrogen and oxygen atoms in total. The zero-order chi connectivity index (χ0) is 19.2. The SMILES string of the molecule is CC(OCC1CCC(F)(F)CC1)C(COC1CCC(F)(F)CC1)NC=O. The number of ether oxygens (including phenoxy) is 2. The zero-order valence-corrected chi connectivity index (χ0v) is 15.2. The van der Waals surface area contributed by atoms with Crippen molar-refractivity contribution < 1.29 is 31.8 Å². The smallest absolute Gasteiger partial charge is 0.248 e. The van der Waals surface area contributed by atoms with Crippen LogP contribution in [0.25, 0.3) is 0 Å². The molecule has 0 bridgehead atoms. The molecule has 0 aromatic heterocycles. The summed E-state index contributed by atoms with van der Waals surface area (Å²) < 4.78 is 64.2. The molecular weight excluding hydrogens is 354 g/mol. The molecule has 2 rings (SSSR count). The molecule has 2 unspecified atom stereocenters. The second-order valence-corrected chi connectivity index (χ2v) is 7.62. The van der Waals surface area contributed by atoms with Crippen molar-refractivity contribution in [3.05, 3.63) is 0 Å². The molecule has 0 saturated heterocycles. The third-order valence-corrected chi connectivity index (χ3v) is 5.46. The van der Waals surface area contributed by atoms with Crippen LogP contribution in [-0.2, 0) is 14.3 Å². The van der Waals surface area contributed by atoms with Gasteiger partial charge in [-0.15, -0.1) is 0 Å². The lowest BCUT2D eigenvalue weighted by molar-refractivity contribution is -0.115. The number of carbonyl (C=O) groups is 1. The van der Waals surface area contributed by atoms with Gasteiger partial charge in [0.25, 0.3) is 0 Å².